The minimum atomic E-state index is -2.35. The summed E-state index contributed by atoms with van der Waals surface area (Å²) in [7, 11) is -4.70. The highest BCUT2D eigenvalue weighted by atomic mass is 29.3. The van der Waals surface area contributed by atoms with Crippen molar-refractivity contribution >= 4 is 25.6 Å². The molecule has 0 spiro atoms. The number of rotatable bonds is 3. The Morgan fingerprint density at radius 2 is 0.688 bits per heavy atom. The van der Waals surface area contributed by atoms with Crippen LogP contribution in [0.4, 0.5) is 0 Å². The van der Waals surface area contributed by atoms with E-state index in [4.69, 9.17) is 0 Å². The molecule has 0 nitrogen and oxygen atoms in total. The first-order valence-corrected chi connectivity index (χ1v) is 16.9. The molecule has 4 rings (SSSR count). The van der Waals surface area contributed by atoms with Crippen LogP contribution in [-0.4, -0.2) is 15.2 Å². The van der Waals surface area contributed by atoms with Crippen molar-refractivity contribution in [1.29, 1.82) is 0 Å². The predicted molar refractivity (Wildman–Crippen MR) is 142 cm³/mol. The fourth-order valence-electron chi connectivity index (χ4n) is 3.95. The quantitative estimate of drug-likeness (QED) is 0.301. The van der Waals surface area contributed by atoms with Crippen LogP contribution in [0.1, 0.15) is 11.1 Å². The van der Waals surface area contributed by atoms with E-state index in [1.165, 1.54) is 10.4 Å². The molecule has 2 atom stereocenters. The standard InChI is InChI=1S/C30H26Si2/c1-31(29-19-11-5-12-20-29,25-23-27-15-7-3-8-16-27)32(2,30-21-13-6-14-22-30)26-24-28-17-9-4-10-18-28/h3-22H,1-2H3. The number of hydrogen-bond donors (Lipinski definition) is 0. The van der Waals surface area contributed by atoms with E-state index in [1.807, 2.05) is 12.1 Å². The third-order valence-corrected chi connectivity index (χ3v) is 20.9. The Morgan fingerprint density at radius 3 is 1.00 bits per heavy atom. The van der Waals surface area contributed by atoms with Gasteiger partial charge in [0.1, 0.15) is 0 Å². The van der Waals surface area contributed by atoms with Crippen LogP contribution < -0.4 is 10.4 Å². The normalized spacial score (nSPS) is 13.9. The van der Waals surface area contributed by atoms with E-state index in [-0.39, 0.29) is 0 Å². The second-order valence-electron chi connectivity index (χ2n) is 8.21. The average Bonchev–Trinajstić information content (AvgIpc) is 2.88. The van der Waals surface area contributed by atoms with Gasteiger partial charge in [0.2, 0.25) is 0 Å². The monoisotopic (exact) mass is 442 g/mol. The fraction of sp³-hybridized carbons (Fsp3) is 0.0667. The zero-order valence-corrected chi connectivity index (χ0v) is 20.5. The summed E-state index contributed by atoms with van der Waals surface area (Å²) in [6.07, 6.45) is 0. The van der Waals surface area contributed by atoms with Crippen molar-refractivity contribution in [2.75, 3.05) is 0 Å². The van der Waals surface area contributed by atoms with Crippen molar-refractivity contribution < 1.29 is 0 Å². The molecular weight excluding hydrogens is 417 g/mol. The SMILES string of the molecule is C[Si](C#Cc1ccccc1)(c1ccccc1)[Si](C)(C#Cc1ccccc1)c1ccccc1. The Balaban J connectivity index is 1.96. The molecule has 0 aliphatic carbocycles. The molecule has 4 aromatic carbocycles. The first-order chi connectivity index (χ1) is 15.6. The third kappa shape index (κ3) is 4.53. The molecule has 0 saturated heterocycles. The summed E-state index contributed by atoms with van der Waals surface area (Å²) in [4.78, 5) is 0. The molecule has 0 saturated carbocycles. The average molecular weight is 443 g/mol. The van der Waals surface area contributed by atoms with Crippen LogP contribution in [0.2, 0.25) is 13.1 Å². The smallest absolute Gasteiger partial charge is 0.122 e. The van der Waals surface area contributed by atoms with E-state index in [0.717, 1.165) is 11.1 Å². The fourth-order valence-corrected chi connectivity index (χ4v) is 14.7. The van der Waals surface area contributed by atoms with Crippen LogP contribution in [0.15, 0.2) is 121 Å². The van der Waals surface area contributed by atoms with Gasteiger partial charge in [-0.3, -0.25) is 0 Å². The van der Waals surface area contributed by atoms with Gasteiger partial charge in [-0.1, -0.05) is 122 Å². The molecular formula is C30H26Si2. The lowest BCUT2D eigenvalue weighted by Gasteiger charge is -2.36. The highest BCUT2D eigenvalue weighted by Crippen LogP contribution is 2.20. The summed E-state index contributed by atoms with van der Waals surface area (Å²) < 4.78 is 0. The van der Waals surface area contributed by atoms with Crippen LogP contribution >= 0.6 is 0 Å². The summed E-state index contributed by atoms with van der Waals surface area (Å²) in [6.45, 7) is 4.83. The van der Waals surface area contributed by atoms with Gasteiger partial charge in [-0.2, -0.15) is 0 Å². The van der Waals surface area contributed by atoms with Crippen LogP contribution in [0.3, 0.4) is 0 Å². The van der Waals surface area contributed by atoms with Crippen molar-refractivity contribution in [2.24, 2.45) is 0 Å². The van der Waals surface area contributed by atoms with Crippen LogP contribution in [-0.2, 0) is 0 Å². The lowest BCUT2D eigenvalue weighted by atomic mass is 10.2. The van der Waals surface area contributed by atoms with Gasteiger partial charge in [0.15, 0.2) is 15.2 Å². The Bertz CT molecular complexity index is 1170. The molecule has 2 heteroatoms. The molecule has 0 aliphatic rings. The van der Waals surface area contributed by atoms with Gasteiger partial charge in [0.05, 0.1) is 0 Å². The molecule has 154 valence electrons. The molecule has 0 fully saturated rings. The van der Waals surface area contributed by atoms with E-state index in [9.17, 15) is 0 Å². The number of hydrogen-bond acceptors (Lipinski definition) is 0. The summed E-state index contributed by atoms with van der Waals surface area (Å²) >= 11 is 0. The topological polar surface area (TPSA) is 0 Å². The molecule has 0 amide bonds. The minimum absolute atomic E-state index is 1.06. The van der Waals surface area contributed by atoms with Gasteiger partial charge < -0.3 is 0 Å². The largest absolute Gasteiger partial charge is 0.176 e. The van der Waals surface area contributed by atoms with Gasteiger partial charge >= 0.3 is 0 Å². The van der Waals surface area contributed by atoms with Crippen LogP contribution in [0.5, 0.6) is 0 Å². The maximum atomic E-state index is 3.85. The van der Waals surface area contributed by atoms with Crippen molar-refractivity contribution in [2.45, 2.75) is 13.1 Å². The third-order valence-electron chi connectivity index (χ3n) is 6.16. The molecule has 0 aliphatic heterocycles. The van der Waals surface area contributed by atoms with Crippen LogP contribution in [0, 0.1) is 22.9 Å². The molecule has 4 aromatic rings. The van der Waals surface area contributed by atoms with E-state index < -0.39 is 15.2 Å². The first-order valence-electron chi connectivity index (χ1n) is 10.9. The van der Waals surface area contributed by atoms with Crippen molar-refractivity contribution in [3.8, 4) is 22.9 Å². The minimum Gasteiger partial charge on any atom is -0.122 e. The van der Waals surface area contributed by atoms with Gasteiger partial charge in [0.25, 0.3) is 0 Å². The summed E-state index contributed by atoms with van der Waals surface area (Å²) in [6, 6.07) is 42.3. The second-order valence-corrected chi connectivity index (χ2v) is 20.4. The van der Waals surface area contributed by atoms with Gasteiger partial charge in [0, 0.05) is 11.1 Å². The summed E-state index contributed by atoms with van der Waals surface area (Å²) in [5, 5.41) is 2.70. The van der Waals surface area contributed by atoms with E-state index in [0.29, 0.717) is 0 Å². The maximum absolute atomic E-state index is 3.85. The maximum Gasteiger partial charge on any atom is 0.176 e. The summed E-state index contributed by atoms with van der Waals surface area (Å²) in [5.74, 6) is 7.07. The van der Waals surface area contributed by atoms with E-state index in [1.54, 1.807) is 0 Å². The molecule has 0 radical (unpaired) electrons. The number of benzene rings is 4. The lowest BCUT2D eigenvalue weighted by Crippen LogP contribution is -2.71. The Kier molecular flexibility index (Phi) is 6.57. The molecule has 32 heavy (non-hydrogen) atoms. The first kappa shape index (κ1) is 21.7. The van der Waals surface area contributed by atoms with Crippen LogP contribution in [0.25, 0.3) is 0 Å². The summed E-state index contributed by atoms with van der Waals surface area (Å²) in [5.41, 5.74) is 9.82. The van der Waals surface area contributed by atoms with E-state index in [2.05, 4.69) is 145 Å². The van der Waals surface area contributed by atoms with Crippen molar-refractivity contribution in [3.63, 3.8) is 0 Å². The molecule has 0 N–H and O–H groups in total. The highest BCUT2D eigenvalue weighted by molar-refractivity contribution is 7.56. The predicted octanol–water partition coefficient (Wildman–Crippen LogP) is 5.22. The molecule has 2 unspecified atom stereocenters. The Labute approximate surface area is 193 Å². The van der Waals surface area contributed by atoms with E-state index >= 15 is 0 Å². The van der Waals surface area contributed by atoms with Crippen molar-refractivity contribution in [3.05, 3.63) is 132 Å². The van der Waals surface area contributed by atoms with Gasteiger partial charge in [-0.05, 0) is 34.6 Å². The van der Waals surface area contributed by atoms with Gasteiger partial charge in [-0.25, -0.2) is 0 Å². The van der Waals surface area contributed by atoms with Gasteiger partial charge in [-0.15, -0.1) is 11.1 Å². The van der Waals surface area contributed by atoms with Crippen molar-refractivity contribution in [1.82, 2.24) is 0 Å². The Hall–Kier alpha value is -3.57. The zero-order chi connectivity index (χ0) is 22.3. The lowest BCUT2D eigenvalue weighted by molar-refractivity contribution is 1.65. The molecule has 0 bridgehead atoms. The Morgan fingerprint density at radius 1 is 0.406 bits per heavy atom. The highest BCUT2D eigenvalue weighted by Gasteiger charge is 2.50. The molecule has 0 aromatic heterocycles. The molecule has 0 heterocycles. The second kappa shape index (κ2) is 9.71. The zero-order valence-electron chi connectivity index (χ0n) is 18.5.